The largest absolute Gasteiger partial charge is 0.358 e. The first-order chi connectivity index (χ1) is 15.5. The van der Waals surface area contributed by atoms with Crippen LogP contribution in [0.4, 0.5) is 15.9 Å². The number of aromatic nitrogens is 6. The maximum absolute atomic E-state index is 14.0. The number of aromatic amines is 1. The SMILES string of the molecule is CC(Nc1ncnc2[nH]cnc12)c1nc2cc(F)cc(Cl)c2c(=O)n1Nc1ccccc1. The summed E-state index contributed by atoms with van der Waals surface area (Å²) in [6.07, 6.45) is 2.91. The Kier molecular flexibility index (Phi) is 4.91. The summed E-state index contributed by atoms with van der Waals surface area (Å²) in [6.45, 7) is 1.80. The fourth-order valence-electron chi connectivity index (χ4n) is 3.43. The van der Waals surface area contributed by atoms with Crippen LogP contribution in [0.15, 0.2) is 59.9 Å². The van der Waals surface area contributed by atoms with Gasteiger partial charge in [0.05, 0.1) is 34.0 Å². The molecule has 3 aromatic heterocycles. The van der Waals surface area contributed by atoms with Crippen molar-refractivity contribution in [2.75, 3.05) is 10.7 Å². The molecule has 160 valence electrons. The number of H-pyrrole nitrogens is 1. The van der Waals surface area contributed by atoms with Crippen LogP contribution in [0.5, 0.6) is 0 Å². The van der Waals surface area contributed by atoms with Crippen molar-refractivity contribution in [1.29, 1.82) is 0 Å². The van der Waals surface area contributed by atoms with Gasteiger partial charge in [0, 0.05) is 6.07 Å². The van der Waals surface area contributed by atoms with E-state index in [2.05, 4.69) is 35.7 Å². The van der Waals surface area contributed by atoms with Gasteiger partial charge in [-0.3, -0.25) is 10.2 Å². The van der Waals surface area contributed by atoms with E-state index in [1.807, 2.05) is 30.3 Å². The van der Waals surface area contributed by atoms with Gasteiger partial charge in [0.25, 0.3) is 5.56 Å². The van der Waals surface area contributed by atoms with Crippen LogP contribution >= 0.6 is 11.6 Å². The van der Waals surface area contributed by atoms with Crippen molar-refractivity contribution in [3.05, 3.63) is 82.1 Å². The number of halogens is 2. The molecule has 1 atom stereocenters. The van der Waals surface area contributed by atoms with Crippen LogP contribution in [0.3, 0.4) is 0 Å². The molecule has 1 unspecified atom stereocenters. The van der Waals surface area contributed by atoms with Crippen LogP contribution in [0.2, 0.25) is 5.02 Å². The Hall–Kier alpha value is -4.05. The van der Waals surface area contributed by atoms with Gasteiger partial charge in [-0.25, -0.2) is 29.0 Å². The highest BCUT2D eigenvalue weighted by Crippen LogP contribution is 2.25. The average molecular weight is 451 g/mol. The number of nitrogens with one attached hydrogen (secondary N) is 3. The minimum atomic E-state index is -0.580. The zero-order valence-corrected chi connectivity index (χ0v) is 17.4. The molecule has 3 N–H and O–H groups in total. The van der Waals surface area contributed by atoms with Crippen molar-refractivity contribution in [3.63, 3.8) is 0 Å². The first-order valence-corrected chi connectivity index (χ1v) is 10.0. The zero-order valence-electron chi connectivity index (χ0n) is 16.7. The predicted octanol–water partition coefficient (Wildman–Crippen LogP) is 3.90. The number of anilines is 2. The minimum absolute atomic E-state index is 0.0118. The molecule has 0 radical (unpaired) electrons. The Bertz CT molecular complexity index is 1500. The quantitative estimate of drug-likeness (QED) is 0.372. The average Bonchev–Trinajstić information content (AvgIpc) is 3.25. The summed E-state index contributed by atoms with van der Waals surface area (Å²) >= 11 is 6.19. The third-order valence-electron chi connectivity index (χ3n) is 4.89. The number of nitrogens with zero attached hydrogens (tertiary/aromatic N) is 5. The second kappa shape index (κ2) is 7.89. The fraction of sp³-hybridized carbons (Fsp3) is 0.0952. The number of hydrogen-bond donors (Lipinski definition) is 3. The number of benzene rings is 2. The highest BCUT2D eigenvalue weighted by molar-refractivity contribution is 6.35. The number of para-hydroxylation sites is 1. The number of fused-ring (bicyclic) bond motifs is 2. The monoisotopic (exact) mass is 450 g/mol. The molecule has 11 heteroatoms. The van der Waals surface area contributed by atoms with Gasteiger partial charge in [-0.1, -0.05) is 29.8 Å². The summed E-state index contributed by atoms with van der Waals surface area (Å²) in [5.41, 5.74) is 4.54. The Labute approximate surface area is 185 Å². The topological polar surface area (TPSA) is 113 Å². The second-order valence-electron chi connectivity index (χ2n) is 7.06. The first kappa shape index (κ1) is 19.9. The third-order valence-corrected chi connectivity index (χ3v) is 5.19. The predicted molar refractivity (Wildman–Crippen MR) is 120 cm³/mol. The minimum Gasteiger partial charge on any atom is -0.358 e. The number of imidazole rings is 1. The lowest BCUT2D eigenvalue weighted by Crippen LogP contribution is -2.33. The normalized spacial score (nSPS) is 12.2. The molecule has 0 aliphatic heterocycles. The lowest BCUT2D eigenvalue weighted by atomic mass is 10.2. The van der Waals surface area contributed by atoms with Gasteiger partial charge in [0.2, 0.25) is 0 Å². The molecule has 0 spiro atoms. The van der Waals surface area contributed by atoms with Crippen molar-refractivity contribution >= 4 is 45.2 Å². The Morgan fingerprint density at radius 1 is 1.16 bits per heavy atom. The van der Waals surface area contributed by atoms with Crippen LogP contribution in [0.25, 0.3) is 22.1 Å². The van der Waals surface area contributed by atoms with Crippen LogP contribution < -0.4 is 16.3 Å². The molecular formula is C21H16ClFN8O. The summed E-state index contributed by atoms with van der Waals surface area (Å²) in [5, 5.41) is 3.32. The van der Waals surface area contributed by atoms with Gasteiger partial charge in [-0.15, -0.1) is 0 Å². The summed E-state index contributed by atoms with van der Waals surface area (Å²) in [7, 11) is 0. The van der Waals surface area contributed by atoms with E-state index in [4.69, 9.17) is 11.6 Å². The number of rotatable bonds is 5. The molecule has 0 aliphatic rings. The smallest absolute Gasteiger partial charge is 0.281 e. The van der Waals surface area contributed by atoms with E-state index in [0.717, 1.165) is 6.07 Å². The van der Waals surface area contributed by atoms with E-state index in [-0.39, 0.29) is 15.9 Å². The molecule has 0 saturated carbocycles. The first-order valence-electron chi connectivity index (χ1n) is 9.65. The Balaban J connectivity index is 1.66. The molecule has 0 fully saturated rings. The Morgan fingerprint density at radius 3 is 2.78 bits per heavy atom. The van der Waals surface area contributed by atoms with Crippen molar-refractivity contribution in [1.82, 2.24) is 29.6 Å². The molecule has 32 heavy (non-hydrogen) atoms. The van der Waals surface area contributed by atoms with Gasteiger partial charge in [-0.2, -0.15) is 0 Å². The molecule has 0 aliphatic carbocycles. The molecule has 5 rings (SSSR count). The molecule has 3 heterocycles. The van der Waals surface area contributed by atoms with E-state index in [9.17, 15) is 9.18 Å². The van der Waals surface area contributed by atoms with Gasteiger partial charge < -0.3 is 10.3 Å². The molecular weight excluding hydrogens is 435 g/mol. The zero-order chi connectivity index (χ0) is 22.2. The lowest BCUT2D eigenvalue weighted by molar-refractivity contribution is 0.628. The summed E-state index contributed by atoms with van der Waals surface area (Å²) in [4.78, 5) is 33.5. The van der Waals surface area contributed by atoms with E-state index in [0.29, 0.717) is 28.5 Å². The van der Waals surface area contributed by atoms with Crippen molar-refractivity contribution in [2.45, 2.75) is 13.0 Å². The highest BCUT2D eigenvalue weighted by atomic mass is 35.5. The van der Waals surface area contributed by atoms with Gasteiger partial charge >= 0.3 is 0 Å². The van der Waals surface area contributed by atoms with Crippen LogP contribution in [0.1, 0.15) is 18.8 Å². The van der Waals surface area contributed by atoms with Gasteiger partial charge in [-0.05, 0) is 25.1 Å². The van der Waals surface area contributed by atoms with Gasteiger partial charge in [0.15, 0.2) is 17.3 Å². The van der Waals surface area contributed by atoms with Crippen LogP contribution in [0, 0.1) is 5.82 Å². The standard InChI is InChI=1S/C21H16ClFN8O/c1-11(28-19-17-18(25-9-24-17)26-10-27-19)20-29-15-8-12(23)7-14(22)16(15)21(32)31(20)30-13-5-3-2-4-6-13/h2-11,30H,1H3,(H2,24,25,26,27,28). The molecule has 9 nitrogen and oxygen atoms in total. The third kappa shape index (κ3) is 3.50. The van der Waals surface area contributed by atoms with Crippen molar-refractivity contribution in [2.24, 2.45) is 0 Å². The van der Waals surface area contributed by atoms with Gasteiger partial charge in [0.1, 0.15) is 17.7 Å². The van der Waals surface area contributed by atoms with E-state index in [1.165, 1.54) is 23.4 Å². The van der Waals surface area contributed by atoms with E-state index >= 15 is 0 Å². The fourth-order valence-corrected chi connectivity index (χ4v) is 3.71. The molecule has 0 bridgehead atoms. The molecule has 5 aromatic rings. The summed E-state index contributed by atoms with van der Waals surface area (Å²) in [6, 6.07) is 10.9. The lowest BCUT2D eigenvalue weighted by Gasteiger charge is -2.21. The van der Waals surface area contributed by atoms with E-state index in [1.54, 1.807) is 6.92 Å². The maximum atomic E-state index is 14.0. The van der Waals surface area contributed by atoms with Crippen LogP contribution in [-0.4, -0.2) is 29.6 Å². The van der Waals surface area contributed by atoms with E-state index < -0.39 is 17.4 Å². The maximum Gasteiger partial charge on any atom is 0.281 e. The molecule has 0 amide bonds. The van der Waals surface area contributed by atoms with Crippen LogP contribution in [-0.2, 0) is 0 Å². The highest BCUT2D eigenvalue weighted by Gasteiger charge is 2.21. The summed E-state index contributed by atoms with van der Waals surface area (Å²) < 4.78 is 15.3. The van der Waals surface area contributed by atoms with Crippen molar-refractivity contribution in [3.8, 4) is 0 Å². The Morgan fingerprint density at radius 2 is 1.97 bits per heavy atom. The molecule has 0 saturated heterocycles. The molecule has 2 aromatic carbocycles. The number of hydrogen-bond acceptors (Lipinski definition) is 7. The second-order valence-corrected chi connectivity index (χ2v) is 7.47. The summed E-state index contributed by atoms with van der Waals surface area (Å²) in [5.74, 6) is 0.181. The van der Waals surface area contributed by atoms with Crippen molar-refractivity contribution < 1.29 is 4.39 Å².